The zero-order chi connectivity index (χ0) is 23.9. The van der Waals surface area contributed by atoms with Crippen molar-refractivity contribution in [1.82, 2.24) is 19.8 Å². The van der Waals surface area contributed by atoms with Crippen molar-refractivity contribution >= 4 is 28.5 Å². The molecule has 2 heterocycles. The van der Waals surface area contributed by atoms with Crippen LogP contribution in [0.15, 0.2) is 66.9 Å². The van der Waals surface area contributed by atoms with E-state index in [4.69, 9.17) is 0 Å². The van der Waals surface area contributed by atoms with Gasteiger partial charge in [0, 0.05) is 49.2 Å². The third-order valence-corrected chi connectivity index (χ3v) is 5.88. The molecule has 3 aromatic rings. The normalized spacial score (nSPS) is 16.3. The van der Waals surface area contributed by atoms with Gasteiger partial charge in [-0.15, -0.1) is 0 Å². The quantitative estimate of drug-likeness (QED) is 0.521. The molecule has 1 amide bonds. The Kier molecular flexibility index (Phi) is 7.65. The van der Waals surface area contributed by atoms with Crippen molar-refractivity contribution in [3.63, 3.8) is 0 Å². The molecule has 1 aliphatic rings. The minimum Gasteiger partial charge on any atom is -0.350 e. The molecular formula is C27H31N5O2. The first-order chi connectivity index (χ1) is 16.5. The standard InChI is InChI=1S/C27H31N5O2/c1-31(2)15-6-9-24(33)17-20-11-13-21(14-12-20)26(34)32-16-5-8-23(19-32)29-27-28-18-22-7-3-4-10-25(22)30-27/h3-4,6-7,9-14,18,23H,5,8,15-17,19H2,1-2H3,(H,28,29,30)/b9-6+/t23-/m1/s1. The summed E-state index contributed by atoms with van der Waals surface area (Å²) in [6.07, 6.45) is 7.52. The number of likely N-dealkylation sites (N-methyl/N-ethyl adjacent to an activating group) is 1. The van der Waals surface area contributed by atoms with Crippen molar-refractivity contribution in [2.75, 3.05) is 39.0 Å². The number of fused-ring (bicyclic) bond motifs is 1. The second kappa shape index (κ2) is 11.0. The van der Waals surface area contributed by atoms with Gasteiger partial charge in [0.15, 0.2) is 5.78 Å². The summed E-state index contributed by atoms with van der Waals surface area (Å²) < 4.78 is 0. The van der Waals surface area contributed by atoms with Gasteiger partial charge in [-0.05, 0) is 56.8 Å². The maximum atomic E-state index is 13.1. The van der Waals surface area contributed by atoms with E-state index in [-0.39, 0.29) is 17.7 Å². The van der Waals surface area contributed by atoms with Gasteiger partial charge in [0.2, 0.25) is 5.95 Å². The van der Waals surface area contributed by atoms with Crippen molar-refractivity contribution in [2.24, 2.45) is 0 Å². The predicted molar refractivity (Wildman–Crippen MR) is 135 cm³/mol. The van der Waals surface area contributed by atoms with Gasteiger partial charge in [-0.2, -0.15) is 0 Å². The maximum Gasteiger partial charge on any atom is 0.253 e. The average molecular weight is 458 g/mol. The second-order valence-electron chi connectivity index (χ2n) is 8.99. The summed E-state index contributed by atoms with van der Waals surface area (Å²) in [7, 11) is 3.92. The fraction of sp³-hybridized carbons (Fsp3) is 0.333. The molecule has 1 saturated heterocycles. The molecular weight excluding hydrogens is 426 g/mol. The Morgan fingerprint density at radius 2 is 1.94 bits per heavy atom. The van der Waals surface area contributed by atoms with Crippen LogP contribution in [0.3, 0.4) is 0 Å². The Hall–Kier alpha value is -3.58. The highest BCUT2D eigenvalue weighted by Gasteiger charge is 2.25. The molecule has 1 aromatic heterocycles. The first kappa shape index (κ1) is 23.6. The lowest BCUT2D eigenvalue weighted by molar-refractivity contribution is -0.114. The third-order valence-electron chi connectivity index (χ3n) is 5.88. The Labute approximate surface area is 200 Å². The number of benzene rings is 2. The van der Waals surface area contributed by atoms with Crippen LogP contribution in [0.4, 0.5) is 5.95 Å². The number of hydrogen-bond acceptors (Lipinski definition) is 6. The first-order valence-electron chi connectivity index (χ1n) is 11.7. The zero-order valence-electron chi connectivity index (χ0n) is 19.8. The first-order valence-corrected chi connectivity index (χ1v) is 11.7. The molecule has 4 rings (SSSR count). The van der Waals surface area contributed by atoms with E-state index in [1.165, 1.54) is 0 Å². The average Bonchev–Trinajstić information content (AvgIpc) is 2.84. The number of rotatable bonds is 8. The molecule has 0 aliphatic carbocycles. The summed E-state index contributed by atoms with van der Waals surface area (Å²) in [6, 6.07) is 15.4. The SMILES string of the molecule is CN(C)C/C=C/C(=O)Cc1ccc(C(=O)N2CCC[C@@H](Nc3ncc4ccccc4n3)C2)cc1. The number of nitrogens with one attached hydrogen (secondary N) is 1. The van der Waals surface area contributed by atoms with E-state index < -0.39 is 0 Å². The van der Waals surface area contributed by atoms with Crippen molar-refractivity contribution in [3.8, 4) is 0 Å². The van der Waals surface area contributed by atoms with Crippen LogP contribution in [-0.4, -0.2) is 71.2 Å². The second-order valence-corrected chi connectivity index (χ2v) is 8.99. The van der Waals surface area contributed by atoms with Gasteiger partial charge in [0.1, 0.15) is 0 Å². The van der Waals surface area contributed by atoms with Crippen molar-refractivity contribution in [1.29, 1.82) is 0 Å². The van der Waals surface area contributed by atoms with Crippen molar-refractivity contribution in [3.05, 3.63) is 78.0 Å². The molecule has 1 aliphatic heterocycles. The number of carbonyl (C=O) groups is 2. The van der Waals surface area contributed by atoms with Gasteiger partial charge in [0.05, 0.1) is 5.52 Å². The molecule has 0 unspecified atom stereocenters. The van der Waals surface area contributed by atoms with Crippen molar-refractivity contribution < 1.29 is 9.59 Å². The maximum absolute atomic E-state index is 13.1. The number of hydrogen-bond donors (Lipinski definition) is 1. The summed E-state index contributed by atoms with van der Waals surface area (Å²) in [5, 5.41) is 4.40. The molecule has 0 radical (unpaired) electrons. The van der Waals surface area contributed by atoms with E-state index in [1.54, 1.807) is 6.08 Å². The Bertz CT molecular complexity index is 1170. The van der Waals surface area contributed by atoms with Gasteiger partial charge in [-0.25, -0.2) is 9.97 Å². The van der Waals surface area contributed by atoms with E-state index in [1.807, 2.05) is 84.7 Å². The van der Waals surface area contributed by atoms with E-state index in [0.717, 1.165) is 42.4 Å². The van der Waals surface area contributed by atoms with Crippen LogP contribution >= 0.6 is 0 Å². The van der Waals surface area contributed by atoms with Crippen LogP contribution in [0.2, 0.25) is 0 Å². The molecule has 34 heavy (non-hydrogen) atoms. The number of para-hydroxylation sites is 1. The van der Waals surface area contributed by atoms with Gasteiger partial charge >= 0.3 is 0 Å². The molecule has 0 saturated carbocycles. The molecule has 1 fully saturated rings. The third kappa shape index (κ3) is 6.26. The summed E-state index contributed by atoms with van der Waals surface area (Å²) in [4.78, 5) is 38.1. The molecule has 0 spiro atoms. The largest absolute Gasteiger partial charge is 0.350 e. The number of ketones is 1. The number of piperidine rings is 1. The minimum absolute atomic E-state index is 0.00897. The molecule has 0 bridgehead atoms. The highest BCUT2D eigenvalue weighted by atomic mass is 16.2. The highest BCUT2D eigenvalue weighted by Crippen LogP contribution is 2.18. The van der Waals surface area contributed by atoms with E-state index in [9.17, 15) is 9.59 Å². The van der Waals surface area contributed by atoms with Crippen LogP contribution in [-0.2, 0) is 11.2 Å². The Morgan fingerprint density at radius 1 is 1.15 bits per heavy atom. The summed E-state index contributed by atoms with van der Waals surface area (Å²) >= 11 is 0. The number of amides is 1. The fourth-order valence-electron chi connectivity index (χ4n) is 4.11. The van der Waals surface area contributed by atoms with E-state index in [2.05, 4.69) is 15.3 Å². The van der Waals surface area contributed by atoms with Crippen LogP contribution in [0.25, 0.3) is 10.9 Å². The van der Waals surface area contributed by atoms with Crippen LogP contribution in [0, 0.1) is 0 Å². The fourth-order valence-corrected chi connectivity index (χ4v) is 4.11. The van der Waals surface area contributed by atoms with E-state index >= 15 is 0 Å². The van der Waals surface area contributed by atoms with Gasteiger partial charge in [-0.3, -0.25) is 9.59 Å². The summed E-state index contributed by atoms with van der Waals surface area (Å²) in [5.41, 5.74) is 2.44. The van der Waals surface area contributed by atoms with Gasteiger partial charge in [-0.1, -0.05) is 36.4 Å². The monoisotopic (exact) mass is 457 g/mol. The topological polar surface area (TPSA) is 78.4 Å². The lowest BCUT2D eigenvalue weighted by Crippen LogP contribution is -2.45. The number of carbonyl (C=O) groups excluding carboxylic acids is 2. The minimum atomic E-state index is 0.00897. The van der Waals surface area contributed by atoms with Crippen molar-refractivity contribution in [2.45, 2.75) is 25.3 Å². The Morgan fingerprint density at radius 3 is 2.74 bits per heavy atom. The van der Waals surface area contributed by atoms with Crippen LogP contribution < -0.4 is 5.32 Å². The number of likely N-dealkylation sites (tertiary alicyclic amines) is 1. The summed E-state index contributed by atoms with van der Waals surface area (Å²) in [5.74, 6) is 0.656. The Balaban J connectivity index is 1.34. The number of anilines is 1. The smallest absolute Gasteiger partial charge is 0.253 e. The number of aromatic nitrogens is 2. The number of nitrogens with zero attached hydrogens (tertiary/aromatic N) is 4. The highest BCUT2D eigenvalue weighted by molar-refractivity contribution is 5.95. The van der Waals surface area contributed by atoms with E-state index in [0.29, 0.717) is 24.5 Å². The lowest BCUT2D eigenvalue weighted by Gasteiger charge is -2.33. The lowest BCUT2D eigenvalue weighted by atomic mass is 10.0. The van der Waals surface area contributed by atoms with Gasteiger partial charge < -0.3 is 15.1 Å². The summed E-state index contributed by atoms with van der Waals surface area (Å²) in [6.45, 7) is 2.07. The molecule has 7 nitrogen and oxygen atoms in total. The predicted octanol–water partition coefficient (Wildman–Crippen LogP) is 3.58. The molecule has 176 valence electrons. The zero-order valence-corrected chi connectivity index (χ0v) is 19.8. The van der Waals surface area contributed by atoms with Crippen LogP contribution in [0.5, 0.6) is 0 Å². The van der Waals surface area contributed by atoms with Gasteiger partial charge in [0.25, 0.3) is 5.91 Å². The molecule has 1 atom stereocenters. The molecule has 7 heteroatoms. The molecule has 1 N–H and O–H groups in total. The number of allylic oxidation sites excluding steroid dienone is 1. The molecule has 2 aromatic carbocycles. The van der Waals surface area contributed by atoms with Crippen LogP contribution in [0.1, 0.15) is 28.8 Å².